The molecule has 3 N–H and O–H groups in total. The molecular formula is C76H71F2N11O11. The Kier molecular flexibility index (Phi) is 19.3. The monoisotopic (exact) mass is 1350 g/mol. The summed E-state index contributed by atoms with van der Waals surface area (Å²) >= 11 is 0. The summed E-state index contributed by atoms with van der Waals surface area (Å²) < 4.78 is 94.7. The van der Waals surface area contributed by atoms with E-state index in [1.54, 1.807) is 114 Å². The van der Waals surface area contributed by atoms with Crippen molar-refractivity contribution in [1.82, 2.24) is 39.0 Å². The van der Waals surface area contributed by atoms with Gasteiger partial charge in [-0.15, -0.1) is 0 Å². The van der Waals surface area contributed by atoms with Crippen molar-refractivity contribution in [2.75, 3.05) is 45.7 Å². The Bertz CT molecular complexity index is 4680. The van der Waals surface area contributed by atoms with E-state index < -0.39 is 102 Å². The van der Waals surface area contributed by atoms with Crippen molar-refractivity contribution in [3.63, 3.8) is 0 Å². The van der Waals surface area contributed by atoms with Crippen LogP contribution in [-0.2, 0) is 34.9 Å². The van der Waals surface area contributed by atoms with E-state index in [0.717, 1.165) is 0 Å². The number of methoxy groups -OCH3 is 4. The number of aromatic nitrogens is 8. The van der Waals surface area contributed by atoms with Gasteiger partial charge in [0.15, 0.2) is 52.9 Å². The second kappa shape index (κ2) is 28.7. The molecule has 0 spiro atoms. The zero-order chi connectivity index (χ0) is 69.8. The standard InChI is InChI=1S/C76H71F2N11O11/c1-44(2)69(90)86-74-85-68-63(71(92)87-74)83-43-89(68)73-61(78)65(100-76(48-21-15-10-16-22-48,51-27-35-55(95-6)36-28-51)52-29-37-56(96-7)38-30-52)64(99-73)58(45(3)39-79)59-57(98-72(60(59)77)88-42-82-62-66(80-41-81-67(62)88)84-70(91)46-17-11-8-12-18-46)40-97-75(47-19-13-9-14-20-47,49-23-31-53(93-4)32-24-49)50-25-33-54(94-5)34-26-50/h8-38,41-45,57-61,64-65,72-73H,40H2,1-7H3,(H,80,81,84,91)(H2,85,86,87,90,92)/t45?,57-,58?,59-,60+,61+,64+,65-,72+,73+/m0/s1. The molecule has 10 atom stereocenters. The molecule has 510 valence electrons. The molecule has 0 aliphatic carbocycles. The topological polar surface area (TPSA) is 263 Å². The van der Waals surface area contributed by atoms with E-state index in [2.05, 4.69) is 46.6 Å². The molecule has 4 aromatic heterocycles. The van der Waals surface area contributed by atoms with Crippen LogP contribution in [-0.4, -0.2) is 117 Å². The van der Waals surface area contributed by atoms with Crippen molar-refractivity contribution in [1.29, 1.82) is 5.26 Å². The number of carbonyl (C=O) groups excluding carboxylic acids is 2. The number of alkyl halides is 2. The highest BCUT2D eigenvalue weighted by atomic mass is 19.1. The van der Waals surface area contributed by atoms with Crippen molar-refractivity contribution < 1.29 is 56.3 Å². The number of anilines is 2. The van der Waals surface area contributed by atoms with Gasteiger partial charge in [-0.25, -0.2) is 28.7 Å². The number of amides is 2. The Morgan fingerprint density at radius 2 is 1.06 bits per heavy atom. The predicted octanol–water partition coefficient (Wildman–Crippen LogP) is 12.1. The SMILES string of the molecule is COc1ccc(C(OC[C@@H]2O[C@@H](n3cnc4c(NC(=O)c5ccccc5)ncnc43)[C@H](F)[C@@H]2C(C(C)C#N)[C@H]2O[C@@H](n3cnc4c(=O)[nH]c(NC(=O)C(C)C)nc43)[C@H](F)[C@@H]2OC(c2ccccc2)(c2ccc(OC)cc2)c2ccc(OC)cc2)(c2ccccc2)c2ccc(OC)cc2)cc1. The smallest absolute Gasteiger partial charge is 0.280 e. The number of rotatable bonds is 24. The third-order valence-electron chi connectivity index (χ3n) is 18.7. The molecule has 2 fully saturated rings. The first-order chi connectivity index (χ1) is 48.6. The fraction of sp³-hybridized carbons (Fsp3) is 0.276. The minimum Gasteiger partial charge on any atom is -0.497 e. The van der Waals surface area contributed by atoms with E-state index >= 15 is 8.78 Å². The number of halogens is 2. The van der Waals surface area contributed by atoms with Crippen LogP contribution in [0.25, 0.3) is 22.3 Å². The molecule has 6 heterocycles. The normalized spacial score (nSPS) is 19.8. The molecular weight excluding hydrogens is 1280 g/mol. The summed E-state index contributed by atoms with van der Waals surface area (Å²) in [4.78, 5) is 66.2. The van der Waals surface area contributed by atoms with Crippen molar-refractivity contribution in [3.05, 3.63) is 256 Å². The molecule has 0 radical (unpaired) electrons. The van der Waals surface area contributed by atoms with Gasteiger partial charge in [0, 0.05) is 29.2 Å². The summed E-state index contributed by atoms with van der Waals surface area (Å²) in [5.41, 5.74) is -0.511. The number of benzene rings is 7. The maximum absolute atomic E-state index is 19.8. The van der Waals surface area contributed by atoms with E-state index in [0.29, 0.717) is 61.9 Å². The summed E-state index contributed by atoms with van der Waals surface area (Å²) in [7, 11) is 6.20. The quantitative estimate of drug-likeness (QED) is 0.0475. The lowest BCUT2D eigenvalue weighted by Gasteiger charge is -2.42. The lowest BCUT2D eigenvalue weighted by Crippen LogP contribution is -2.50. The maximum atomic E-state index is 19.8. The molecule has 0 saturated carbocycles. The molecule has 24 heteroatoms. The van der Waals surface area contributed by atoms with Crippen LogP contribution in [0.3, 0.4) is 0 Å². The number of fused-ring (bicyclic) bond motifs is 2. The fourth-order valence-corrected chi connectivity index (χ4v) is 13.7. The zero-order valence-corrected chi connectivity index (χ0v) is 55.5. The third kappa shape index (κ3) is 12.5. The fourth-order valence-electron chi connectivity index (χ4n) is 13.7. The minimum atomic E-state index is -2.29. The summed E-state index contributed by atoms with van der Waals surface area (Å²) in [6.07, 6.45) is -8.97. The minimum absolute atomic E-state index is 0.0259. The van der Waals surface area contributed by atoms with Crippen LogP contribution in [0.5, 0.6) is 23.0 Å². The molecule has 13 rings (SSSR count). The van der Waals surface area contributed by atoms with Gasteiger partial charge in [0.05, 0.1) is 66.0 Å². The summed E-state index contributed by atoms with van der Waals surface area (Å²) in [6.45, 7) is 4.50. The summed E-state index contributed by atoms with van der Waals surface area (Å²) in [5.74, 6) is -3.76. The maximum Gasteiger partial charge on any atom is 0.280 e. The van der Waals surface area contributed by atoms with E-state index in [4.69, 9.17) is 37.9 Å². The number of imidazole rings is 2. The molecule has 2 aliphatic rings. The van der Waals surface area contributed by atoms with E-state index in [-0.39, 0.29) is 34.1 Å². The average molecular weight is 1350 g/mol. The van der Waals surface area contributed by atoms with Gasteiger partial charge in [0.2, 0.25) is 11.9 Å². The Morgan fingerprint density at radius 1 is 0.590 bits per heavy atom. The number of hydrogen-bond acceptors (Lipinski definition) is 17. The number of nitrogens with zero attached hydrogens (tertiary/aromatic N) is 8. The Morgan fingerprint density at radius 3 is 1.57 bits per heavy atom. The van der Waals surface area contributed by atoms with Gasteiger partial charge in [-0.05, 0) is 101 Å². The second-order valence-electron chi connectivity index (χ2n) is 24.7. The summed E-state index contributed by atoms with van der Waals surface area (Å²) in [6, 6.07) is 58.5. The highest BCUT2D eigenvalue weighted by Gasteiger charge is 2.61. The van der Waals surface area contributed by atoms with Gasteiger partial charge < -0.3 is 43.2 Å². The van der Waals surface area contributed by atoms with Gasteiger partial charge in [-0.1, -0.05) is 141 Å². The van der Waals surface area contributed by atoms with E-state index in [9.17, 15) is 19.6 Å². The molecule has 22 nitrogen and oxygen atoms in total. The molecule has 2 amide bonds. The van der Waals surface area contributed by atoms with Crippen LogP contribution in [0.2, 0.25) is 0 Å². The number of nitriles is 1. The number of ether oxygens (including phenoxy) is 8. The molecule has 2 saturated heterocycles. The molecule has 7 aromatic carbocycles. The van der Waals surface area contributed by atoms with Gasteiger partial charge in [0.25, 0.3) is 11.5 Å². The molecule has 11 aromatic rings. The van der Waals surface area contributed by atoms with Gasteiger partial charge in [-0.3, -0.25) is 33.8 Å². The van der Waals surface area contributed by atoms with Crippen molar-refractivity contribution in [2.45, 2.75) is 75.1 Å². The highest BCUT2D eigenvalue weighted by molar-refractivity contribution is 6.06. The van der Waals surface area contributed by atoms with E-state index in [1.807, 2.05) is 109 Å². The Labute approximate surface area is 573 Å². The van der Waals surface area contributed by atoms with Crippen LogP contribution in [0.1, 0.15) is 77.0 Å². The summed E-state index contributed by atoms with van der Waals surface area (Å²) in [5, 5.41) is 17.2. The number of aromatic amines is 1. The number of hydrogen-bond donors (Lipinski definition) is 3. The van der Waals surface area contributed by atoms with Gasteiger partial charge in [0.1, 0.15) is 46.6 Å². The first-order valence-electron chi connectivity index (χ1n) is 32.4. The predicted molar refractivity (Wildman–Crippen MR) is 366 cm³/mol. The van der Waals surface area contributed by atoms with E-state index in [1.165, 1.54) is 42.3 Å². The first-order valence-corrected chi connectivity index (χ1v) is 32.4. The lowest BCUT2D eigenvalue weighted by molar-refractivity contribution is -0.135. The van der Waals surface area contributed by atoms with Gasteiger partial charge >= 0.3 is 0 Å². The van der Waals surface area contributed by atoms with Crippen molar-refractivity contribution in [2.24, 2.45) is 23.7 Å². The van der Waals surface area contributed by atoms with Crippen LogP contribution in [0, 0.1) is 35.0 Å². The van der Waals surface area contributed by atoms with Gasteiger partial charge in [-0.2, -0.15) is 10.2 Å². The largest absolute Gasteiger partial charge is 0.497 e. The zero-order valence-electron chi connectivity index (χ0n) is 55.5. The second-order valence-corrected chi connectivity index (χ2v) is 24.7. The van der Waals surface area contributed by atoms with Crippen molar-refractivity contribution >= 4 is 45.9 Å². The van der Waals surface area contributed by atoms with Crippen LogP contribution < -0.4 is 35.1 Å². The van der Waals surface area contributed by atoms with Crippen molar-refractivity contribution in [3.8, 4) is 29.1 Å². The number of carbonyl (C=O) groups is 2. The molecule has 2 aliphatic heterocycles. The highest BCUT2D eigenvalue weighted by Crippen LogP contribution is 2.54. The van der Waals surface area contributed by atoms with Crippen LogP contribution in [0.4, 0.5) is 20.5 Å². The number of H-pyrrole nitrogens is 1. The Balaban J connectivity index is 1.02. The molecule has 2 unspecified atom stereocenters. The molecule has 100 heavy (non-hydrogen) atoms. The average Bonchev–Trinajstić information content (AvgIpc) is 1.34. The first kappa shape index (κ1) is 67.3. The molecule has 0 bridgehead atoms. The van der Waals surface area contributed by atoms with Crippen LogP contribution >= 0.6 is 0 Å². The lowest BCUT2D eigenvalue weighted by atomic mass is 9.73. The Hall–Kier alpha value is -11.2. The third-order valence-corrected chi connectivity index (χ3v) is 18.7. The number of nitrogens with one attached hydrogen (secondary N) is 3. The van der Waals surface area contributed by atoms with Crippen LogP contribution in [0.15, 0.2) is 212 Å².